The Balaban J connectivity index is 1.61. The van der Waals surface area contributed by atoms with Crippen LogP contribution >= 0.6 is 55.2 Å². The molecule has 1 saturated heterocycles. The molecule has 0 unspecified atom stereocenters. The van der Waals surface area contributed by atoms with E-state index in [4.69, 9.17) is 11.6 Å². The molecule has 1 aromatic heterocycles. The molecule has 4 rings (SSSR count). The first kappa shape index (κ1) is 19.5. The molecule has 1 amide bonds. The summed E-state index contributed by atoms with van der Waals surface area (Å²) in [6, 6.07) is 17.3. The fourth-order valence-corrected chi connectivity index (χ4v) is 4.15. The van der Waals surface area contributed by atoms with Crippen LogP contribution in [0.1, 0.15) is 5.69 Å². The summed E-state index contributed by atoms with van der Waals surface area (Å²) in [5.41, 5.74) is 2.60. The number of amidine groups is 1. The Kier molecular flexibility index (Phi) is 5.78. The van der Waals surface area contributed by atoms with Gasteiger partial charge >= 0.3 is 0 Å². The highest BCUT2D eigenvalue weighted by Crippen LogP contribution is 2.31. The number of nitrogens with zero attached hydrogens (tertiary/aromatic N) is 2. The summed E-state index contributed by atoms with van der Waals surface area (Å²) < 4.78 is 3.84. The molecular weight excluding hydrogens is 526 g/mol. The minimum absolute atomic E-state index is 0.171. The predicted octanol–water partition coefficient (Wildman–Crippen LogP) is 6.55. The molecule has 1 aliphatic heterocycles. The third-order valence-corrected chi connectivity index (χ3v) is 6.62. The van der Waals surface area contributed by atoms with Crippen molar-refractivity contribution in [2.45, 2.75) is 0 Å². The lowest BCUT2D eigenvalue weighted by Crippen LogP contribution is -2.19. The Morgan fingerprint density at radius 2 is 1.89 bits per heavy atom. The van der Waals surface area contributed by atoms with Gasteiger partial charge in [-0.25, -0.2) is 4.99 Å². The van der Waals surface area contributed by atoms with Gasteiger partial charge in [0.05, 0.1) is 15.6 Å². The van der Waals surface area contributed by atoms with E-state index in [9.17, 15) is 4.79 Å². The van der Waals surface area contributed by atoms with Gasteiger partial charge in [-0.3, -0.25) is 4.79 Å². The van der Waals surface area contributed by atoms with E-state index in [1.54, 1.807) is 6.07 Å². The number of carbonyl (C=O) groups excluding carboxylic acids is 1. The standard InChI is InChI=1S/C20H12Br2ClN3OS/c21-12-3-6-14(7-4-12)26-9-1-2-15(26)11-18-19(27)25-20(28-18)24-13-5-8-16(22)17(23)10-13/h1-11H,(H,24,25,27)/b18-11-. The van der Waals surface area contributed by atoms with Crippen molar-refractivity contribution in [3.05, 3.63) is 85.4 Å². The predicted molar refractivity (Wildman–Crippen MR) is 123 cm³/mol. The second kappa shape index (κ2) is 8.29. The van der Waals surface area contributed by atoms with Crippen molar-refractivity contribution in [1.82, 2.24) is 9.88 Å². The average molecular weight is 538 g/mol. The van der Waals surface area contributed by atoms with Crippen molar-refractivity contribution < 1.29 is 4.79 Å². The highest BCUT2D eigenvalue weighted by molar-refractivity contribution is 9.10. The quantitative estimate of drug-likeness (QED) is 0.385. The maximum absolute atomic E-state index is 12.4. The molecular formula is C20H12Br2ClN3OS. The number of amides is 1. The summed E-state index contributed by atoms with van der Waals surface area (Å²) in [6.07, 6.45) is 3.82. The second-order valence-electron chi connectivity index (χ2n) is 5.86. The van der Waals surface area contributed by atoms with Crippen molar-refractivity contribution in [2.24, 2.45) is 4.99 Å². The molecule has 28 heavy (non-hydrogen) atoms. The zero-order valence-electron chi connectivity index (χ0n) is 14.2. The zero-order chi connectivity index (χ0) is 19.7. The summed E-state index contributed by atoms with van der Waals surface area (Å²) in [6.45, 7) is 0. The molecule has 0 saturated carbocycles. The molecule has 8 heteroatoms. The number of aromatic nitrogens is 1. The van der Waals surface area contributed by atoms with Gasteiger partial charge in [-0.1, -0.05) is 27.5 Å². The maximum Gasteiger partial charge on any atom is 0.264 e. The Bertz CT molecular complexity index is 1120. The topological polar surface area (TPSA) is 46.4 Å². The first-order chi connectivity index (χ1) is 13.5. The third kappa shape index (κ3) is 4.27. The van der Waals surface area contributed by atoms with Crippen LogP contribution in [-0.4, -0.2) is 15.6 Å². The molecule has 2 aromatic carbocycles. The summed E-state index contributed by atoms with van der Waals surface area (Å²) in [5, 5.41) is 3.89. The van der Waals surface area contributed by atoms with Crippen molar-refractivity contribution in [1.29, 1.82) is 0 Å². The van der Waals surface area contributed by atoms with E-state index in [0.717, 1.165) is 20.3 Å². The largest absolute Gasteiger partial charge is 0.317 e. The number of rotatable bonds is 3. The van der Waals surface area contributed by atoms with Crippen LogP contribution < -0.4 is 5.32 Å². The second-order valence-corrected chi connectivity index (χ2v) is 9.07. The number of benzene rings is 2. The van der Waals surface area contributed by atoms with Gasteiger partial charge in [0.2, 0.25) is 0 Å². The Hall–Kier alpha value is -1.80. The van der Waals surface area contributed by atoms with Crippen LogP contribution in [0, 0.1) is 0 Å². The van der Waals surface area contributed by atoms with Crippen molar-refractivity contribution in [3.8, 4) is 5.69 Å². The number of hydrogen-bond donors (Lipinski definition) is 1. The molecule has 1 N–H and O–H groups in total. The highest BCUT2D eigenvalue weighted by atomic mass is 79.9. The Labute approximate surface area is 187 Å². The molecule has 0 bridgehead atoms. The number of aliphatic imine (C=N–C) groups is 1. The van der Waals surface area contributed by atoms with Crippen LogP contribution in [0.3, 0.4) is 0 Å². The summed E-state index contributed by atoms with van der Waals surface area (Å²) in [4.78, 5) is 17.4. The molecule has 140 valence electrons. The van der Waals surface area contributed by atoms with Crippen molar-refractivity contribution in [3.63, 3.8) is 0 Å². The van der Waals surface area contributed by atoms with Gasteiger partial charge in [0, 0.05) is 26.5 Å². The lowest BCUT2D eigenvalue weighted by Gasteiger charge is -2.07. The van der Waals surface area contributed by atoms with Crippen molar-refractivity contribution >= 4 is 78.1 Å². The normalized spacial score (nSPS) is 16.8. The minimum atomic E-state index is -0.171. The summed E-state index contributed by atoms with van der Waals surface area (Å²) in [7, 11) is 0. The molecule has 3 aromatic rings. The first-order valence-corrected chi connectivity index (χ1v) is 11.0. The molecule has 0 aliphatic carbocycles. The molecule has 0 radical (unpaired) electrons. The SMILES string of the molecule is O=C1NC(=Nc2ccc(Br)c(Cl)c2)S/C1=C\c1cccn1-c1ccc(Br)cc1. The fourth-order valence-electron chi connectivity index (χ4n) is 2.64. The van der Waals surface area contributed by atoms with Gasteiger partial charge in [-0.15, -0.1) is 0 Å². The van der Waals surface area contributed by atoms with Crippen LogP contribution in [0.4, 0.5) is 5.69 Å². The summed E-state index contributed by atoms with van der Waals surface area (Å²) in [5.74, 6) is -0.171. The number of hydrogen-bond acceptors (Lipinski definition) is 3. The number of carbonyl (C=O) groups is 1. The fraction of sp³-hybridized carbons (Fsp3) is 0. The van der Waals surface area contributed by atoms with E-state index in [-0.39, 0.29) is 5.91 Å². The van der Waals surface area contributed by atoms with Crippen LogP contribution in [0.25, 0.3) is 11.8 Å². The van der Waals surface area contributed by atoms with Gasteiger partial charge < -0.3 is 9.88 Å². The van der Waals surface area contributed by atoms with E-state index in [1.807, 2.05) is 65.4 Å². The zero-order valence-corrected chi connectivity index (χ0v) is 18.9. The smallest absolute Gasteiger partial charge is 0.264 e. The Morgan fingerprint density at radius 3 is 2.64 bits per heavy atom. The van der Waals surface area contributed by atoms with Gasteiger partial charge in [0.1, 0.15) is 0 Å². The van der Waals surface area contributed by atoms with Gasteiger partial charge in [-0.2, -0.15) is 0 Å². The van der Waals surface area contributed by atoms with Gasteiger partial charge in [0.25, 0.3) is 5.91 Å². The minimum Gasteiger partial charge on any atom is -0.317 e. The molecule has 1 fully saturated rings. The van der Waals surface area contributed by atoms with E-state index in [2.05, 4.69) is 42.2 Å². The summed E-state index contributed by atoms with van der Waals surface area (Å²) >= 11 is 14.2. The first-order valence-electron chi connectivity index (χ1n) is 8.17. The van der Waals surface area contributed by atoms with Crippen molar-refractivity contribution in [2.75, 3.05) is 0 Å². The maximum atomic E-state index is 12.4. The monoisotopic (exact) mass is 535 g/mol. The lowest BCUT2D eigenvalue weighted by molar-refractivity contribution is -0.115. The van der Waals surface area contributed by atoms with Crippen LogP contribution in [-0.2, 0) is 4.79 Å². The van der Waals surface area contributed by atoms with Gasteiger partial charge in [-0.05, 0) is 88.4 Å². The molecule has 2 heterocycles. The molecule has 0 spiro atoms. The highest BCUT2D eigenvalue weighted by Gasteiger charge is 2.24. The molecule has 1 aliphatic rings. The van der Waals surface area contributed by atoms with E-state index in [1.165, 1.54) is 11.8 Å². The van der Waals surface area contributed by atoms with Crippen LogP contribution in [0.5, 0.6) is 0 Å². The molecule has 4 nitrogen and oxygen atoms in total. The van der Waals surface area contributed by atoms with Crippen LogP contribution in [0.2, 0.25) is 5.02 Å². The molecule has 0 atom stereocenters. The number of nitrogens with one attached hydrogen (secondary N) is 1. The number of halogens is 3. The van der Waals surface area contributed by atoms with E-state index in [0.29, 0.717) is 20.8 Å². The van der Waals surface area contributed by atoms with E-state index < -0.39 is 0 Å². The van der Waals surface area contributed by atoms with Gasteiger partial charge in [0.15, 0.2) is 5.17 Å². The van der Waals surface area contributed by atoms with E-state index >= 15 is 0 Å². The third-order valence-electron chi connectivity index (χ3n) is 3.95. The van der Waals surface area contributed by atoms with Crippen LogP contribution in [0.15, 0.2) is 79.6 Å². The average Bonchev–Trinajstić information content (AvgIpc) is 3.26. The Morgan fingerprint density at radius 1 is 1.11 bits per heavy atom. The lowest BCUT2D eigenvalue weighted by atomic mass is 10.3. The number of thioether (sulfide) groups is 1.